The Morgan fingerprint density at radius 1 is 0.846 bits per heavy atom. The molecule has 1 aliphatic rings. The largest absolute Gasteiger partial charge is 0.496 e. The van der Waals surface area contributed by atoms with Crippen molar-refractivity contribution in [3.05, 3.63) is 113 Å². The predicted molar refractivity (Wildman–Crippen MR) is 137 cm³/mol. The van der Waals surface area contributed by atoms with E-state index >= 15 is 0 Å². The minimum Gasteiger partial charge on any atom is -0.496 e. The van der Waals surface area contributed by atoms with Crippen LogP contribution in [0.3, 0.4) is 0 Å². The van der Waals surface area contributed by atoms with E-state index in [9.17, 15) is 26.7 Å². The van der Waals surface area contributed by atoms with E-state index in [2.05, 4.69) is 5.32 Å². The number of allylic oxidation sites excluding steroid dienone is 1. The second kappa shape index (κ2) is 10.8. The summed E-state index contributed by atoms with van der Waals surface area (Å²) in [5.41, 5.74) is 3.00. The van der Waals surface area contributed by atoms with Gasteiger partial charge in [-0.05, 0) is 54.1 Å². The molecule has 0 fully saturated rings. The zero-order chi connectivity index (χ0) is 27.7. The van der Waals surface area contributed by atoms with Gasteiger partial charge in [0.05, 0.1) is 18.5 Å². The van der Waals surface area contributed by atoms with Crippen molar-refractivity contribution in [1.82, 2.24) is 0 Å². The monoisotopic (exact) mass is 555 g/mol. The van der Waals surface area contributed by atoms with Crippen LogP contribution < -0.4 is 14.8 Å². The first-order chi connectivity index (χ1) is 18.8. The third-order valence-corrected chi connectivity index (χ3v) is 7.07. The summed E-state index contributed by atoms with van der Waals surface area (Å²) in [6.07, 6.45) is 2.89. The molecule has 0 amide bonds. The van der Waals surface area contributed by atoms with Crippen LogP contribution in [0.5, 0.6) is 11.5 Å². The van der Waals surface area contributed by atoms with Crippen LogP contribution >= 0.6 is 11.8 Å². The number of benzene rings is 4. The van der Waals surface area contributed by atoms with Crippen LogP contribution in [0.1, 0.15) is 21.5 Å². The standard InChI is InChI=1S/C29H18F5NO3S/c1-37-21-10-7-15(12-17(21)14-38-29-27(33)25(31)24(30)26(32)28(29)34)6-9-20(36)16-8-11-23-19(13-16)35-18-4-2-3-5-22(18)39-23/h2-13,35H,14H2,1H3/b9-6+. The summed E-state index contributed by atoms with van der Waals surface area (Å²) in [5.74, 6) is -12.0. The first kappa shape index (κ1) is 26.3. The SMILES string of the molecule is COc1ccc(/C=C/C(=O)c2ccc3c(c2)Nc2ccccc2S3)cc1COc1c(F)c(F)c(F)c(F)c1F. The van der Waals surface area contributed by atoms with E-state index in [1.54, 1.807) is 30.0 Å². The summed E-state index contributed by atoms with van der Waals surface area (Å²) < 4.78 is 78.5. The van der Waals surface area contributed by atoms with Crippen molar-refractivity contribution in [2.45, 2.75) is 16.4 Å². The molecule has 0 bridgehead atoms. The van der Waals surface area contributed by atoms with Crippen molar-refractivity contribution in [3.8, 4) is 11.5 Å². The lowest BCUT2D eigenvalue weighted by molar-refractivity contribution is 0.104. The van der Waals surface area contributed by atoms with Crippen molar-refractivity contribution in [1.29, 1.82) is 0 Å². The molecule has 0 spiro atoms. The van der Waals surface area contributed by atoms with Gasteiger partial charge in [-0.3, -0.25) is 4.79 Å². The molecule has 0 saturated carbocycles. The number of ether oxygens (including phenoxy) is 2. The maximum absolute atomic E-state index is 14.0. The molecule has 10 heteroatoms. The highest BCUT2D eigenvalue weighted by Gasteiger charge is 2.27. The van der Waals surface area contributed by atoms with Gasteiger partial charge in [0.25, 0.3) is 0 Å². The Kier molecular flexibility index (Phi) is 7.30. The Hall–Kier alpha value is -4.31. The Morgan fingerprint density at radius 2 is 1.54 bits per heavy atom. The number of nitrogens with one attached hydrogen (secondary N) is 1. The summed E-state index contributed by atoms with van der Waals surface area (Å²) in [6, 6.07) is 17.9. The van der Waals surface area contributed by atoms with Crippen molar-refractivity contribution < 1.29 is 36.2 Å². The van der Waals surface area contributed by atoms with Gasteiger partial charge in [0.15, 0.2) is 11.5 Å². The molecule has 1 N–H and O–H groups in total. The van der Waals surface area contributed by atoms with Gasteiger partial charge in [0.1, 0.15) is 12.4 Å². The Bertz CT molecular complexity index is 1610. The van der Waals surface area contributed by atoms with Gasteiger partial charge in [-0.1, -0.05) is 36.0 Å². The molecule has 0 aliphatic carbocycles. The minimum absolute atomic E-state index is 0.251. The van der Waals surface area contributed by atoms with Crippen LogP contribution in [-0.4, -0.2) is 12.9 Å². The van der Waals surface area contributed by atoms with Gasteiger partial charge < -0.3 is 14.8 Å². The Morgan fingerprint density at radius 3 is 2.28 bits per heavy atom. The Balaban J connectivity index is 1.33. The van der Waals surface area contributed by atoms with Crippen LogP contribution in [0.4, 0.5) is 33.3 Å². The van der Waals surface area contributed by atoms with Crippen LogP contribution in [0.25, 0.3) is 6.08 Å². The number of carbonyl (C=O) groups excluding carboxylic acids is 1. The predicted octanol–water partition coefficient (Wildman–Crippen LogP) is 8.07. The molecule has 0 saturated heterocycles. The van der Waals surface area contributed by atoms with Crippen LogP contribution in [0.15, 0.2) is 76.5 Å². The van der Waals surface area contributed by atoms with E-state index in [0.29, 0.717) is 11.1 Å². The normalized spacial score (nSPS) is 12.1. The molecule has 4 nitrogen and oxygen atoms in total. The molecule has 0 atom stereocenters. The van der Waals surface area contributed by atoms with Crippen molar-refractivity contribution in [2.75, 3.05) is 12.4 Å². The summed E-state index contributed by atoms with van der Waals surface area (Å²) >= 11 is 1.60. The lowest BCUT2D eigenvalue weighted by Crippen LogP contribution is -2.07. The maximum Gasteiger partial charge on any atom is 0.207 e. The molecule has 39 heavy (non-hydrogen) atoms. The van der Waals surface area contributed by atoms with Crippen LogP contribution in [0.2, 0.25) is 0 Å². The molecule has 1 heterocycles. The highest BCUT2D eigenvalue weighted by atomic mass is 32.2. The molecule has 0 aromatic heterocycles. The second-order valence-corrected chi connectivity index (χ2v) is 9.47. The van der Waals surface area contributed by atoms with Gasteiger partial charge >= 0.3 is 0 Å². The first-order valence-corrected chi connectivity index (χ1v) is 12.3. The zero-order valence-corrected chi connectivity index (χ0v) is 21.0. The topological polar surface area (TPSA) is 47.6 Å². The molecule has 4 aromatic rings. The van der Waals surface area contributed by atoms with Gasteiger partial charge in [0.2, 0.25) is 29.1 Å². The molecular weight excluding hydrogens is 537 g/mol. The lowest BCUT2D eigenvalue weighted by atomic mass is 10.1. The summed E-state index contributed by atoms with van der Waals surface area (Å²) in [6.45, 7) is -0.563. The number of fused-ring (bicyclic) bond motifs is 2. The first-order valence-electron chi connectivity index (χ1n) is 11.5. The van der Waals surface area contributed by atoms with E-state index in [0.717, 1.165) is 21.2 Å². The average Bonchev–Trinajstić information content (AvgIpc) is 2.96. The number of rotatable bonds is 7. The molecule has 1 aliphatic heterocycles. The highest BCUT2D eigenvalue weighted by Crippen LogP contribution is 2.44. The zero-order valence-electron chi connectivity index (χ0n) is 20.2. The number of hydrogen-bond acceptors (Lipinski definition) is 5. The molecule has 0 radical (unpaired) electrons. The number of para-hydroxylation sites is 1. The van der Waals surface area contributed by atoms with E-state index in [4.69, 9.17) is 9.47 Å². The van der Waals surface area contributed by atoms with Crippen LogP contribution in [-0.2, 0) is 6.61 Å². The fourth-order valence-corrected chi connectivity index (χ4v) is 4.91. The smallest absolute Gasteiger partial charge is 0.207 e. The molecule has 5 rings (SSSR count). The van der Waals surface area contributed by atoms with Crippen molar-refractivity contribution in [2.24, 2.45) is 0 Å². The number of methoxy groups -OCH3 is 1. The van der Waals surface area contributed by atoms with E-state index in [1.807, 2.05) is 30.3 Å². The van der Waals surface area contributed by atoms with Gasteiger partial charge in [0, 0.05) is 20.9 Å². The average molecular weight is 556 g/mol. The van der Waals surface area contributed by atoms with Crippen molar-refractivity contribution >= 4 is 35.0 Å². The second-order valence-electron chi connectivity index (χ2n) is 8.39. The molecule has 0 unspecified atom stereocenters. The number of carbonyl (C=O) groups is 1. The summed E-state index contributed by atoms with van der Waals surface area (Å²) in [7, 11) is 1.34. The fraction of sp³-hybridized carbons (Fsp3) is 0.0690. The number of anilines is 2. The van der Waals surface area contributed by atoms with Crippen LogP contribution in [0, 0.1) is 29.1 Å². The third kappa shape index (κ3) is 5.20. The van der Waals surface area contributed by atoms with Crippen molar-refractivity contribution in [3.63, 3.8) is 0 Å². The third-order valence-electron chi connectivity index (χ3n) is 5.91. The number of ketones is 1. The number of halogens is 5. The molecule has 198 valence electrons. The summed E-state index contributed by atoms with van der Waals surface area (Å²) in [4.78, 5) is 15.0. The van der Waals surface area contributed by atoms with Gasteiger partial charge in [-0.2, -0.15) is 8.78 Å². The quantitative estimate of drug-likeness (QED) is 0.0724. The van der Waals surface area contributed by atoms with Gasteiger partial charge in [-0.15, -0.1) is 0 Å². The molecule has 4 aromatic carbocycles. The minimum atomic E-state index is -2.27. The highest BCUT2D eigenvalue weighted by molar-refractivity contribution is 7.99. The Labute approximate surface area is 224 Å². The van der Waals surface area contributed by atoms with E-state index < -0.39 is 41.4 Å². The maximum atomic E-state index is 14.0. The van der Waals surface area contributed by atoms with E-state index in [-0.39, 0.29) is 17.1 Å². The lowest BCUT2D eigenvalue weighted by Gasteiger charge is -2.20. The number of hydrogen-bond donors (Lipinski definition) is 1. The van der Waals surface area contributed by atoms with Gasteiger partial charge in [-0.25, -0.2) is 13.2 Å². The fourth-order valence-electron chi connectivity index (χ4n) is 3.94. The molecular formula is C29H18F5NO3S. The summed E-state index contributed by atoms with van der Waals surface area (Å²) in [5, 5.41) is 3.33. The van der Waals surface area contributed by atoms with E-state index in [1.165, 1.54) is 31.4 Å².